The topological polar surface area (TPSA) is 108 Å². The summed E-state index contributed by atoms with van der Waals surface area (Å²) in [6.07, 6.45) is 1.85. The van der Waals surface area contributed by atoms with E-state index in [2.05, 4.69) is 4.98 Å². The number of halogens is 3. The maximum absolute atomic E-state index is 12.8. The standard InChI is InChI=1S/C15H21N3O3S.C2HF3O2/c1-22(20,21)18-9-2-5-15(12-18)6-10-17(14(15)19)11-13-3-7-16-8-4-13;3-2(4,5)1(6)7/h3-4,7-8H,2,5-6,9-12H2,1H3;(H,6,7). The van der Waals surface area contributed by atoms with Crippen LogP contribution >= 0.6 is 0 Å². The highest BCUT2D eigenvalue weighted by Gasteiger charge is 2.50. The van der Waals surface area contributed by atoms with Crippen LogP contribution in [0.25, 0.3) is 0 Å². The second kappa shape index (κ2) is 8.66. The van der Waals surface area contributed by atoms with Gasteiger partial charge in [0.05, 0.1) is 11.7 Å². The van der Waals surface area contributed by atoms with Crippen molar-refractivity contribution in [3.8, 4) is 0 Å². The zero-order valence-electron chi connectivity index (χ0n) is 15.7. The van der Waals surface area contributed by atoms with Gasteiger partial charge in [-0.1, -0.05) is 0 Å². The first-order valence-corrected chi connectivity index (χ1v) is 10.6. The normalized spacial score (nSPS) is 23.0. The molecule has 1 N–H and O–H groups in total. The number of likely N-dealkylation sites (tertiary alicyclic amines) is 1. The molecule has 12 heteroatoms. The molecular weight excluding hydrogens is 415 g/mol. The predicted molar refractivity (Wildman–Crippen MR) is 96.0 cm³/mol. The SMILES string of the molecule is CS(=O)(=O)N1CCCC2(CCN(Cc3ccncc3)C2=O)C1.O=C(O)C(F)(F)F. The maximum atomic E-state index is 12.8. The highest BCUT2D eigenvalue weighted by molar-refractivity contribution is 7.88. The Morgan fingerprint density at radius 2 is 1.83 bits per heavy atom. The van der Waals surface area contributed by atoms with Crippen LogP contribution < -0.4 is 0 Å². The van der Waals surface area contributed by atoms with Crippen molar-refractivity contribution < 1.29 is 36.3 Å². The molecule has 1 spiro atoms. The first kappa shape index (κ1) is 23.1. The molecule has 29 heavy (non-hydrogen) atoms. The minimum absolute atomic E-state index is 0.0951. The van der Waals surface area contributed by atoms with Gasteiger partial charge in [0, 0.05) is 38.6 Å². The van der Waals surface area contributed by atoms with Gasteiger partial charge >= 0.3 is 12.1 Å². The minimum atomic E-state index is -5.08. The van der Waals surface area contributed by atoms with Crippen LogP contribution in [0.4, 0.5) is 13.2 Å². The number of rotatable bonds is 3. The van der Waals surface area contributed by atoms with E-state index >= 15 is 0 Å². The fourth-order valence-electron chi connectivity index (χ4n) is 3.50. The van der Waals surface area contributed by atoms with Crippen LogP contribution in [-0.4, -0.2) is 71.7 Å². The fraction of sp³-hybridized carbons (Fsp3) is 0.588. The molecule has 162 valence electrons. The average Bonchev–Trinajstić information content (AvgIpc) is 2.91. The zero-order chi connectivity index (χ0) is 21.9. The number of carbonyl (C=O) groups is 2. The molecule has 1 atom stereocenters. The lowest BCUT2D eigenvalue weighted by atomic mass is 9.79. The molecule has 1 amide bonds. The average molecular weight is 437 g/mol. The summed E-state index contributed by atoms with van der Waals surface area (Å²) in [5.41, 5.74) is 0.533. The first-order chi connectivity index (χ1) is 13.3. The van der Waals surface area contributed by atoms with E-state index in [-0.39, 0.29) is 5.91 Å². The Bertz CT molecular complexity index is 848. The molecule has 3 heterocycles. The van der Waals surface area contributed by atoms with Gasteiger partial charge in [-0.25, -0.2) is 17.5 Å². The van der Waals surface area contributed by atoms with E-state index in [1.165, 1.54) is 10.6 Å². The number of amides is 1. The number of carboxylic acids is 1. The molecule has 3 rings (SSSR count). The number of sulfonamides is 1. The summed E-state index contributed by atoms with van der Waals surface area (Å²) >= 11 is 0. The lowest BCUT2D eigenvalue weighted by Gasteiger charge is -2.37. The molecular formula is C17H22F3N3O5S. The number of carboxylic acid groups (broad SMARTS) is 1. The second-order valence-corrected chi connectivity index (χ2v) is 9.10. The van der Waals surface area contributed by atoms with Gasteiger partial charge in [-0.3, -0.25) is 9.78 Å². The van der Waals surface area contributed by atoms with E-state index in [9.17, 15) is 26.4 Å². The molecule has 8 nitrogen and oxygen atoms in total. The summed E-state index contributed by atoms with van der Waals surface area (Å²) in [5.74, 6) is -2.66. The van der Waals surface area contributed by atoms with Crippen LogP contribution in [0, 0.1) is 5.41 Å². The van der Waals surface area contributed by atoms with E-state index in [4.69, 9.17) is 9.90 Å². The molecule has 1 aromatic heterocycles. The molecule has 2 saturated heterocycles. The van der Waals surface area contributed by atoms with E-state index in [1.54, 1.807) is 12.4 Å². The third kappa shape index (κ3) is 5.89. The molecule has 2 fully saturated rings. The predicted octanol–water partition coefficient (Wildman–Crippen LogP) is 1.49. The molecule has 0 bridgehead atoms. The monoisotopic (exact) mass is 437 g/mol. The second-order valence-electron chi connectivity index (χ2n) is 7.12. The molecule has 0 saturated carbocycles. The van der Waals surface area contributed by atoms with Crippen LogP contribution in [0.15, 0.2) is 24.5 Å². The number of aliphatic carboxylic acids is 1. The maximum Gasteiger partial charge on any atom is 0.490 e. The lowest BCUT2D eigenvalue weighted by Crippen LogP contribution is -2.49. The third-order valence-corrected chi connectivity index (χ3v) is 6.23. The van der Waals surface area contributed by atoms with E-state index in [0.717, 1.165) is 24.8 Å². The molecule has 2 aliphatic heterocycles. The van der Waals surface area contributed by atoms with Crippen molar-refractivity contribution in [1.82, 2.24) is 14.2 Å². The number of hydrogen-bond acceptors (Lipinski definition) is 5. The van der Waals surface area contributed by atoms with E-state index in [1.807, 2.05) is 17.0 Å². The van der Waals surface area contributed by atoms with Gasteiger partial charge in [0.1, 0.15) is 0 Å². The number of carbonyl (C=O) groups excluding carboxylic acids is 1. The van der Waals surface area contributed by atoms with Crippen molar-refractivity contribution in [2.24, 2.45) is 5.41 Å². The smallest absolute Gasteiger partial charge is 0.475 e. The van der Waals surface area contributed by atoms with Crippen molar-refractivity contribution in [2.45, 2.75) is 32.0 Å². The summed E-state index contributed by atoms with van der Waals surface area (Å²) in [7, 11) is -3.23. The van der Waals surface area contributed by atoms with Crippen molar-refractivity contribution in [2.75, 3.05) is 25.9 Å². The summed E-state index contributed by atoms with van der Waals surface area (Å²) < 4.78 is 56.8. The lowest BCUT2D eigenvalue weighted by molar-refractivity contribution is -0.192. The Balaban J connectivity index is 0.000000370. The molecule has 1 aromatic rings. The van der Waals surface area contributed by atoms with Crippen molar-refractivity contribution in [1.29, 1.82) is 0 Å². The van der Waals surface area contributed by atoms with Gasteiger partial charge in [0.2, 0.25) is 15.9 Å². The number of alkyl halides is 3. The number of hydrogen-bond donors (Lipinski definition) is 1. The third-order valence-electron chi connectivity index (χ3n) is 4.98. The number of nitrogens with zero attached hydrogens (tertiary/aromatic N) is 3. The van der Waals surface area contributed by atoms with Gasteiger partial charge in [-0.15, -0.1) is 0 Å². The molecule has 0 radical (unpaired) electrons. The Morgan fingerprint density at radius 1 is 1.24 bits per heavy atom. The Kier molecular flexibility index (Phi) is 6.89. The fourth-order valence-corrected chi connectivity index (χ4v) is 4.45. The Labute approximate surface area is 166 Å². The van der Waals surface area contributed by atoms with E-state index < -0.39 is 27.6 Å². The summed E-state index contributed by atoms with van der Waals surface area (Å²) in [6, 6.07) is 3.81. The molecule has 0 aliphatic carbocycles. The molecule has 0 aromatic carbocycles. The van der Waals surface area contributed by atoms with Crippen molar-refractivity contribution in [3.05, 3.63) is 30.1 Å². The quantitative estimate of drug-likeness (QED) is 0.768. The van der Waals surface area contributed by atoms with Gasteiger partial charge in [-0.2, -0.15) is 13.2 Å². The van der Waals surface area contributed by atoms with Crippen molar-refractivity contribution in [3.63, 3.8) is 0 Å². The largest absolute Gasteiger partial charge is 0.490 e. The highest BCUT2D eigenvalue weighted by Crippen LogP contribution is 2.41. The summed E-state index contributed by atoms with van der Waals surface area (Å²) in [6.45, 7) is 2.12. The van der Waals surface area contributed by atoms with E-state index in [0.29, 0.717) is 26.2 Å². The van der Waals surface area contributed by atoms with Gasteiger partial charge in [-0.05, 0) is 37.0 Å². The van der Waals surface area contributed by atoms with Crippen LogP contribution in [0.1, 0.15) is 24.8 Å². The molecule has 2 aliphatic rings. The first-order valence-electron chi connectivity index (χ1n) is 8.79. The zero-order valence-corrected chi connectivity index (χ0v) is 16.5. The highest BCUT2D eigenvalue weighted by atomic mass is 32.2. The van der Waals surface area contributed by atoms with Crippen LogP contribution in [0.2, 0.25) is 0 Å². The number of piperidine rings is 1. The summed E-state index contributed by atoms with van der Waals surface area (Å²) in [4.78, 5) is 27.6. The van der Waals surface area contributed by atoms with Gasteiger partial charge < -0.3 is 10.0 Å². The molecule has 1 unspecified atom stereocenters. The number of pyridine rings is 1. The summed E-state index contributed by atoms with van der Waals surface area (Å²) in [5, 5.41) is 7.12. The van der Waals surface area contributed by atoms with Crippen LogP contribution in [-0.2, 0) is 26.2 Å². The number of aromatic nitrogens is 1. The van der Waals surface area contributed by atoms with Crippen molar-refractivity contribution >= 4 is 21.9 Å². The van der Waals surface area contributed by atoms with Crippen LogP contribution in [0.5, 0.6) is 0 Å². The van der Waals surface area contributed by atoms with Crippen LogP contribution in [0.3, 0.4) is 0 Å². The Hall–Kier alpha value is -2.21. The minimum Gasteiger partial charge on any atom is -0.475 e. The van der Waals surface area contributed by atoms with Gasteiger partial charge in [0.25, 0.3) is 0 Å². The Morgan fingerprint density at radius 3 is 2.34 bits per heavy atom. The van der Waals surface area contributed by atoms with Gasteiger partial charge in [0.15, 0.2) is 0 Å².